The van der Waals surface area contributed by atoms with Crippen LogP contribution in [0.15, 0.2) is 24.4 Å². The van der Waals surface area contributed by atoms with Crippen molar-refractivity contribution in [2.75, 3.05) is 20.2 Å². The molecule has 5 heteroatoms. The van der Waals surface area contributed by atoms with Crippen LogP contribution in [0.5, 0.6) is 0 Å². The van der Waals surface area contributed by atoms with Gasteiger partial charge in [0.05, 0.1) is 30.5 Å². The maximum atomic E-state index is 12.2. The smallest absolute Gasteiger partial charge is 0.234 e. The van der Waals surface area contributed by atoms with Gasteiger partial charge in [-0.05, 0) is 38.4 Å². The van der Waals surface area contributed by atoms with Gasteiger partial charge in [-0.2, -0.15) is 0 Å². The van der Waals surface area contributed by atoms with E-state index < -0.39 is 0 Å². The minimum absolute atomic E-state index is 0.0516. The molecule has 1 atom stereocenters. The first-order valence-corrected chi connectivity index (χ1v) is 8.67. The molecule has 2 aliphatic rings. The number of carbonyl (C=O) groups is 1. The van der Waals surface area contributed by atoms with Gasteiger partial charge in [-0.3, -0.25) is 14.7 Å². The molecule has 1 spiro atoms. The van der Waals surface area contributed by atoms with Gasteiger partial charge in [-0.1, -0.05) is 25.3 Å². The van der Waals surface area contributed by atoms with E-state index in [4.69, 9.17) is 4.74 Å². The van der Waals surface area contributed by atoms with Crippen molar-refractivity contribution in [1.82, 2.24) is 15.2 Å². The Morgan fingerprint density at radius 2 is 2.22 bits per heavy atom. The fraction of sp³-hybridized carbons (Fsp3) is 0.667. The Bertz CT molecular complexity index is 514. The number of carbonyl (C=O) groups excluding carboxylic acids is 1. The maximum absolute atomic E-state index is 12.2. The number of nitrogens with one attached hydrogen (secondary N) is 1. The fourth-order valence-electron chi connectivity index (χ4n) is 3.82. The Morgan fingerprint density at radius 3 is 2.96 bits per heavy atom. The zero-order valence-corrected chi connectivity index (χ0v) is 14.0. The highest BCUT2D eigenvalue weighted by Crippen LogP contribution is 2.39. The van der Waals surface area contributed by atoms with E-state index in [1.807, 2.05) is 30.1 Å². The molecule has 126 valence electrons. The van der Waals surface area contributed by atoms with E-state index in [1.54, 1.807) is 6.20 Å². The van der Waals surface area contributed by atoms with Crippen molar-refractivity contribution in [2.24, 2.45) is 0 Å². The van der Waals surface area contributed by atoms with Crippen molar-refractivity contribution >= 4 is 5.91 Å². The first-order chi connectivity index (χ1) is 11.2. The number of aromatic nitrogens is 1. The van der Waals surface area contributed by atoms with Crippen LogP contribution in [0.1, 0.15) is 44.2 Å². The van der Waals surface area contributed by atoms with E-state index in [9.17, 15) is 4.79 Å². The Labute approximate surface area is 138 Å². The third-order valence-electron chi connectivity index (χ3n) is 4.91. The lowest BCUT2D eigenvalue weighted by Crippen LogP contribution is -2.42. The molecule has 1 aliphatic heterocycles. The van der Waals surface area contributed by atoms with Crippen LogP contribution in [0.25, 0.3) is 0 Å². The summed E-state index contributed by atoms with van der Waals surface area (Å²) in [7, 11) is 1.95. The number of nitrogens with zero attached hydrogens (tertiary/aromatic N) is 2. The van der Waals surface area contributed by atoms with Crippen LogP contribution in [0.4, 0.5) is 0 Å². The van der Waals surface area contributed by atoms with E-state index in [0.717, 1.165) is 25.0 Å². The van der Waals surface area contributed by atoms with Crippen LogP contribution >= 0.6 is 0 Å². The normalized spacial score (nSPS) is 23.3. The average Bonchev–Trinajstić information content (AvgIpc) is 2.90. The van der Waals surface area contributed by atoms with E-state index >= 15 is 0 Å². The molecule has 2 fully saturated rings. The highest BCUT2D eigenvalue weighted by atomic mass is 16.5. The fourth-order valence-corrected chi connectivity index (χ4v) is 3.82. The predicted molar refractivity (Wildman–Crippen MR) is 88.9 cm³/mol. The number of hydrogen-bond donors (Lipinski definition) is 1. The summed E-state index contributed by atoms with van der Waals surface area (Å²) in [6.07, 6.45) is 8.89. The van der Waals surface area contributed by atoms with Gasteiger partial charge in [-0.25, -0.2) is 0 Å². The molecular weight excluding hydrogens is 290 g/mol. The molecule has 1 aliphatic carbocycles. The van der Waals surface area contributed by atoms with Crippen molar-refractivity contribution in [2.45, 2.75) is 56.7 Å². The van der Waals surface area contributed by atoms with Gasteiger partial charge >= 0.3 is 0 Å². The molecule has 23 heavy (non-hydrogen) atoms. The summed E-state index contributed by atoms with van der Waals surface area (Å²) >= 11 is 0. The Kier molecular flexibility index (Phi) is 5.28. The first kappa shape index (κ1) is 16.4. The molecule has 1 amide bonds. The number of ether oxygens (including phenoxy) is 1. The van der Waals surface area contributed by atoms with Crippen LogP contribution < -0.4 is 5.32 Å². The van der Waals surface area contributed by atoms with Gasteiger partial charge in [-0.15, -0.1) is 0 Å². The van der Waals surface area contributed by atoms with Crippen LogP contribution in [0, 0.1) is 0 Å². The molecule has 3 rings (SSSR count). The molecule has 0 bridgehead atoms. The average molecular weight is 317 g/mol. The van der Waals surface area contributed by atoms with Crippen LogP contribution in [0.3, 0.4) is 0 Å². The summed E-state index contributed by atoms with van der Waals surface area (Å²) < 4.78 is 6.06. The number of likely N-dealkylation sites (N-methyl/N-ethyl adjacent to an activating group) is 1. The van der Waals surface area contributed by atoms with Gasteiger partial charge < -0.3 is 10.1 Å². The van der Waals surface area contributed by atoms with Crippen LogP contribution in [-0.4, -0.2) is 47.6 Å². The Morgan fingerprint density at radius 1 is 1.39 bits per heavy atom. The summed E-state index contributed by atoms with van der Waals surface area (Å²) in [5.74, 6) is 0.0740. The molecule has 5 nitrogen and oxygen atoms in total. The van der Waals surface area contributed by atoms with Gasteiger partial charge in [0.15, 0.2) is 0 Å². The molecular formula is C18H27N3O2. The summed E-state index contributed by atoms with van der Waals surface area (Å²) in [5.41, 5.74) is 1.03. The molecule has 0 unspecified atom stereocenters. The molecule has 2 heterocycles. The van der Waals surface area contributed by atoms with E-state index in [2.05, 4.69) is 10.3 Å². The van der Waals surface area contributed by atoms with E-state index in [1.165, 1.54) is 19.3 Å². The monoisotopic (exact) mass is 317 g/mol. The van der Waals surface area contributed by atoms with Crippen molar-refractivity contribution in [1.29, 1.82) is 0 Å². The molecule has 1 N–H and O–H groups in total. The summed E-state index contributed by atoms with van der Waals surface area (Å²) in [5, 5.41) is 3.14. The topological polar surface area (TPSA) is 54.5 Å². The number of amides is 1. The van der Waals surface area contributed by atoms with Gasteiger partial charge in [0.1, 0.15) is 0 Å². The van der Waals surface area contributed by atoms with Crippen LogP contribution in [0.2, 0.25) is 0 Å². The van der Waals surface area contributed by atoms with Gasteiger partial charge in [0.2, 0.25) is 5.91 Å². The number of pyridine rings is 1. The molecule has 1 aromatic rings. The largest absolute Gasteiger partial charge is 0.373 e. The van der Waals surface area contributed by atoms with E-state index in [-0.39, 0.29) is 17.6 Å². The molecule has 1 saturated heterocycles. The van der Waals surface area contributed by atoms with E-state index in [0.29, 0.717) is 19.7 Å². The minimum Gasteiger partial charge on any atom is -0.373 e. The molecule has 0 aromatic carbocycles. The SMILES string of the molecule is CN(CC(=O)N[C@@H]1COC2(CCCCC2)C1)Cc1ccccn1. The molecule has 0 radical (unpaired) electrons. The van der Waals surface area contributed by atoms with Gasteiger partial charge in [0, 0.05) is 12.7 Å². The predicted octanol–water partition coefficient (Wildman–Crippen LogP) is 2.12. The second kappa shape index (κ2) is 7.41. The quantitative estimate of drug-likeness (QED) is 0.904. The highest BCUT2D eigenvalue weighted by molar-refractivity contribution is 5.78. The lowest BCUT2D eigenvalue weighted by Gasteiger charge is -2.32. The second-order valence-electron chi connectivity index (χ2n) is 7.02. The molecule has 1 saturated carbocycles. The first-order valence-electron chi connectivity index (χ1n) is 8.67. The van der Waals surface area contributed by atoms with Crippen molar-refractivity contribution in [3.8, 4) is 0 Å². The standard InChI is InChI=1S/C18H27N3O2/c1-21(12-15-7-3-6-10-19-15)13-17(22)20-16-11-18(23-14-16)8-4-2-5-9-18/h3,6-7,10,16H,2,4-5,8-9,11-14H2,1H3,(H,20,22)/t16-/m0/s1. The zero-order chi connectivity index (χ0) is 16.1. The number of rotatable bonds is 5. The lowest BCUT2D eigenvalue weighted by molar-refractivity contribution is -0.122. The maximum Gasteiger partial charge on any atom is 0.234 e. The summed E-state index contributed by atoms with van der Waals surface area (Å²) in [6, 6.07) is 6.02. The lowest BCUT2D eigenvalue weighted by atomic mass is 9.82. The van der Waals surface area contributed by atoms with Crippen LogP contribution in [-0.2, 0) is 16.1 Å². The van der Waals surface area contributed by atoms with Crippen molar-refractivity contribution in [3.63, 3.8) is 0 Å². The van der Waals surface area contributed by atoms with Crippen molar-refractivity contribution in [3.05, 3.63) is 30.1 Å². The summed E-state index contributed by atoms with van der Waals surface area (Å²) in [6.45, 7) is 1.73. The minimum atomic E-state index is 0.0516. The highest BCUT2D eigenvalue weighted by Gasteiger charge is 2.41. The van der Waals surface area contributed by atoms with Crippen molar-refractivity contribution < 1.29 is 9.53 Å². The second-order valence-corrected chi connectivity index (χ2v) is 7.02. The Hall–Kier alpha value is -1.46. The zero-order valence-electron chi connectivity index (χ0n) is 14.0. The third kappa shape index (κ3) is 4.52. The number of hydrogen-bond acceptors (Lipinski definition) is 4. The Balaban J connectivity index is 1.43. The van der Waals surface area contributed by atoms with Gasteiger partial charge in [0.25, 0.3) is 0 Å². The third-order valence-corrected chi connectivity index (χ3v) is 4.91. The molecule has 1 aromatic heterocycles. The summed E-state index contributed by atoms with van der Waals surface area (Å²) in [4.78, 5) is 18.5.